The van der Waals surface area contributed by atoms with E-state index in [0.29, 0.717) is 45.6 Å². The second-order valence-corrected chi connectivity index (χ2v) is 10.1. The standard InChI is InChI=1S/C30H32N6O7/c1-41-25-14-18(15-26(42-2)27(25)43-3)17-35-12-10-21(11-13-35)32-30-33-24-9-8-22(36(39)40)16-23(24)28(34-30)31-20-6-4-19(5-7-20)29(37)38/h4-9,14-16,21H,10-13,17H2,1-3H3,(H,37,38)(H2,31,32,33,34). The number of nitro groups is 1. The van der Waals surface area contributed by atoms with Crippen LogP contribution in [0.25, 0.3) is 10.9 Å². The van der Waals surface area contributed by atoms with Crippen molar-refractivity contribution in [1.82, 2.24) is 14.9 Å². The zero-order valence-corrected chi connectivity index (χ0v) is 24.0. The van der Waals surface area contributed by atoms with Crippen molar-refractivity contribution in [3.8, 4) is 17.2 Å². The molecule has 1 fully saturated rings. The molecule has 3 aromatic carbocycles. The second kappa shape index (κ2) is 12.8. The van der Waals surface area contributed by atoms with Gasteiger partial charge in [-0.2, -0.15) is 4.98 Å². The number of methoxy groups -OCH3 is 3. The minimum Gasteiger partial charge on any atom is -0.493 e. The van der Waals surface area contributed by atoms with Gasteiger partial charge in [0, 0.05) is 48.9 Å². The van der Waals surface area contributed by atoms with Gasteiger partial charge in [-0.15, -0.1) is 0 Å². The maximum Gasteiger partial charge on any atom is 0.335 e. The van der Waals surface area contributed by atoms with Crippen LogP contribution in [0.1, 0.15) is 28.8 Å². The van der Waals surface area contributed by atoms with Crippen molar-refractivity contribution in [3.05, 3.63) is 75.8 Å². The monoisotopic (exact) mass is 588 g/mol. The number of ether oxygens (including phenoxy) is 3. The largest absolute Gasteiger partial charge is 0.493 e. The molecule has 13 nitrogen and oxygen atoms in total. The van der Waals surface area contributed by atoms with Gasteiger partial charge in [0.25, 0.3) is 5.69 Å². The minimum absolute atomic E-state index is 0.0828. The molecule has 0 amide bonds. The minimum atomic E-state index is -1.03. The number of non-ortho nitro benzene ring substituents is 1. The number of nitrogens with zero attached hydrogens (tertiary/aromatic N) is 4. The van der Waals surface area contributed by atoms with Gasteiger partial charge >= 0.3 is 5.97 Å². The van der Waals surface area contributed by atoms with E-state index in [-0.39, 0.29) is 17.3 Å². The van der Waals surface area contributed by atoms with E-state index >= 15 is 0 Å². The summed E-state index contributed by atoms with van der Waals surface area (Å²) in [5.41, 5.74) is 2.24. The molecule has 1 aliphatic rings. The molecule has 1 saturated heterocycles. The van der Waals surface area contributed by atoms with Crippen LogP contribution < -0.4 is 24.8 Å². The summed E-state index contributed by atoms with van der Waals surface area (Å²) in [6.07, 6.45) is 1.71. The summed E-state index contributed by atoms with van der Waals surface area (Å²) in [5, 5.41) is 27.7. The van der Waals surface area contributed by atoms with Crippen LogP contribution >= 0.6 is 0 Å². The molecule has 0 aliphatic carbocycles. The maximum atomic E-state index is 11.4. The molecular formula is C30H32N6O7. The lowest BCUT2D eigenvalue weighted by Crippen LogP contribution is -2.39. The van der Waals surface area contributed by atoms with E-state index in [0.717, 1.165) is 38.0 Å². The predicted octanol–water partition coefficient (Wildman–Crippen LogP) is 5.08. The van der Waals surface area contributed by atoms with Crippen molar-refractivity contribution in [2.75, 3.05) is 45.1 Å². The van der Waals surface area contributed by atoms with Crippen molar-refractivity contribution < 1.29 is 29.0 Å². The number of rotatable bonds is 11. The summed E-state index contributed by atoms with van der Waals surface area (Å²) in [6.45, 7) is 2.41. The van der Waals surface area contributed by atoms with Crippen LogP contribution in [0.3, 0.4) is 0 Å². The van der Waals surface area contributed by atoms with Gasteiger partial charge in [-0.05, 0) is 60.9 Å². The summed E-state index contributed by atoms with van der Waals surface area (Å²) in [4.78, 5) is 33.9. The van der Waals surface area contributed by atoms with Crippen molar-refractivity contribution in [2.24, 2.45) is 0 Å². The number of hydrogen-bond acceptors (Lipinski definition) is 11. The number of piperidine rings is 1. The molecule has 3 N–H and O–H groups in total. The predicted molar refractivity (Wildman–Crippen MR) is 161 cm³/mol. The van der Waals surface area contributed by atoms with Crippen LogP contribution in [0, 0.1) is 10.1 Å². The fourth-order valence-electron chi connectivity index (χ4n) is 5.13. The Morgan fingerprint density at radius 2 is 1.67 bits per heavy atom. The van der Waals surface area contributed by atoms with Crippen LogP contribution in [0.4, 0.5) is 23.1 Å². The van der Waals surface area contributed by atoms with Gasteiger partial charge in [0.2, 0.25) is 11.7 Å². The highest BCUT2D eigenvalue weighted by Gasteiger charge is 2.22. The first-order chi connectivity index (χ1) is 20.8. The van der Waals surface area contributed by atoms with Crippen LogP contribution in [-0.2, 0) is 6.54 Å². The van der Waals surface area contributed by atoms with E-state index in [9.17, 15) is 20.0 Å². The lowest BCUT2D eigenvalue weighted by atomic mass is 10.0. The number of carboxylic acid groups (broad SMARTS) is 1. The Morgan fingerprint density at radius 3 is 2.26 bits per heavy atom. The number of carbonyl (C=O) groups is 1. The van der Waals surface area contributed by atoms with Crippen molar-refractivity contribution in [2.45, 2.75) is 25.4 Å². The number of benzene rings is 3. The number of likely N-dealkylation sites (tertiary alicyclic amines) is 1. The van der Waals surface area contributed by atoms with Gasteiger partial charge in [-0.3, -0.25) is 15.0 Å². The second-order valence-electron chi connectivity index (χ2n) is 10.1. The van der Waals surface area contributed by atoms with Gasteiger partial charge < -0.3 is 30.0 Å². The fourth-order valence-corrected chi connectivity index (χ4v) is 5.13. The number of nitro benzene ring substituents is 1. The molecule has 224 valence electrons. The quantitative estimate of drug-likeness (QED) is 0.158. The molecule has 5 rings (SSSR count). The molecule has 4 aromatic rings. The van der Waals surface area contributed by atoms with E-state index in [1.54, 1.807) is 39.5 Å². The van der Waals surface area contributed by atoms with E-state index in [1.807, 2.05) is 12.1 Å². The van der Waals surface area contributed by atoms with Gasteiger partial charge in [-0.25, -0.2) is 9.78 Å². The molecule has 1 aromatic heterocycles. The normalized spacial score (nSPS) is 13.8. The number of nitrogens with one attached hydrogen (secondary N) is 2. The molecule has 0 unspecified atom stereocenters. The summed E-state index contributed by atoms with van der Waals surface area (Å²) in [6, 6.07) is 14.7. The van der Waals surface area contributed by atoms with Crippen LogP contribution in [0.2, 0.25) is 0 Å². The first kappa shape index (κ1) is 29.3. The van der Waals surface area contributed by atoms with Crippen LogP contribution in [0.5, 0.6) is 17.2 Å². The molecule has 0 radical (unpaired) electrons. The Kier molecular flexibility index (Phi) is 8.71. The third kappa shape index (κ3) is 6.67. The first-order valence-corrected chi connectivity index (χ1v) is 13.6. The molecule has 43 heavy (non-hydrogen) atoms. The summed E-state index contributed by atoms with van der Waals surface area (Å²) in [5.74, 6) is 1.54. The number of hydrogen-bond donors (Lipinski definition) is 3. The molecule has 0 spiro atoms. The molecule has 0 saturated carbocycles. The SMILES string of the molecule is COc1cc(CN2CCC(Nc3nc(Nc4ccc(C(=O)O)cc4)c4cc([N+](=O)[O-])ccc4n3)CC2)cc(OC)c1OC. The van der Waals surface area contributed by atoms with Crippen molar-refractivity contribution in [1.29, 1.82) is 0 Å². The zero-order valence-electron chi connectivity index (χ0n) is 24.0. The van der Waals surface area contributed by atoms with Crippen molar-refractivity contribution in [3.63, 3.8) is 0 Å². The molecule has 2 heterocycles. The van der Waals surface area contributed by atoms with E-state index in [2.05, 4.69) is 25.5 Å². The average molecular weight is 589 g/mol. The van der Waals surface area contributed by atoms with Crippen LogP contribution in [0.15, 0.2) is 54.6 Å². The first-order valence-electron chi connectivity index (χ1n) is 13.6. The molecule has 13 heteroatoms. The number of anilines is 3. The molecule has 0 atom stereocenters. The molecule has 1 aliphatic heterocycles. The molecule has 0 bridgehead atoms. The third-order valence-electron chi connectivity index (χ3n) is 7.34. The highest BCUT2D eigenvalue weighted by Crippen LogP contribution is 2.38. The Hall–Kier alpha value is -5.17. The van der Waals surface area contributed by atoms with E-state index in [1.165, 1.54) is 24.3 Å². The maximum absolute atomic E-state index is 11.4. The highest BCUT2D eigenvalue weighted by atomic mass is 16.6. The van der Waals surface area contributed by atoms with E-state index in [4.69, 9.17) is 14.2 Å². The fraction of sp³-hybridized carbons (Fsp3) is 0.300. The van der Waals surface area contributed by atoms with Gasteiger partial charge in [0.15, 0.2) is 11.5 Å². The van der Waals surface area contributed by atoms with Crippen molar-refractivity contribution >= 4 is 40.0 Å². The van der Waals surface area contributed by atoms with E-state index < -0.39 is 10.9 Å². The zero-order chi connectivity index (χ0) is 30.5. The number of carboxylic acids is 1. The summed E-state index contributed by atoms with van der Waals surface area (Å²) >= 11 is 0. The summed E-state index contributed by atoms with van der Waals surface area (Å²) in [7, 11) is 4.78. The van der Waals surface area contributed by atoms with Gasteiger partial charge in [0.1, 0.15) is 5.82 Å². The van der Waals surface area contributed by atoms with Crippen LogP contribution in [-0.4, -0.2) is 71.3 Å². The highest BCUT2D eigenvalue weighted by molar-refractivity contribution is 5.94. The smallest absolute Gasteiger partial charge is 0.335 e. The van der Waals surface area contributed by atoms with Gasteiger partial charge in [-0.1, -0.05) is 0 Å². The van der Waals surface area contributed by atoms with Gasteiger partial charge in [0.05, 0.1) is 37.3 Å². The number of fused-ring (bicyclic) bond motifs is 1. The lowest BCUT2D eigenvalue weighted by Gasteiger charge is -2.32. The lowest BCUT2D eigenvalue weighted by molar-refractivity contribution is -0.384. The Bertz CT molecular complexity index is 1610. The Balaban J connectivity index is 1.31. The number of aromatic nitrogens is 2. The molecular weight excluding hydrogens is 556 g/mol. The third-order valence-corrected chi connectivity index (χ3v) is 7.34. The topological polar surface area (TPSA) is 161 Å². The Labute approximate surface area is 247 Å². The average Bonchev–Trinajstić information content (AvgIpc) is 3.01. The summed E-state index contributed by atoms with van der Waals surface area (Å²) < 4.78 is 16.4. The number of aromatic carboxylic acids is 1. The Morgan fingerprint density at radius 1 is 1.00 bits per heavy atom.